The Morgan fingerprint density at radius 3 is 2.71 bits per heavy atom. The Kier molecular flexibility index (Phi) is 4.17. The predicted octanol–water partition coefficient (Wildman–Crippen LogP) is 0.734. The van der Waals surface area contributed by atoms with Crippen LogP contribution in [0.2, 0.25) is 0 Å². The number of carbonyl (C=O) groups excluding carboxylic acids is 2. The van der Waals surface area contributed by atoms with Crippen LogP contribution in [0, 0.1) is 6.92 Å². The molecule has 3 N–H and O–H groups in total. The van der Waals surface area contributed by atoms with Gasteiger partial charge in [-0.1, -0.05) is 0 Å². The van der Waals surface area contributed by atoms with Gasteiger partial charge in [-0.2, -0.15) is 5.10 Å². The molecule has 0 saturated carbocycles. The van der Waals surface area contributed by atoms with Gasteiger partial charge in [0.2, 0.25) is 5.91 Å². The number of hydrogen-bond donors (Lipinski definition) is 2. The molecular weight excluding hydrogens is 290 g/mol. The third kappa shape index (κ3) is 2.71. The van der Waals surface area contributed by atoms with E-state index in [1.165, 1.54) is 11.3 Å². The number of nitrogen functional groups attached to an aromatic ring is 1. The third-order valence-electron chi connectivity index (χ3n) is 3.39. The molecular formula is C13H19N5O2S. The van der Waals surface area contributed by atoms with E-state index in [9.17, 15) is 9.59 Å². The van der Waals surface area contributed by atoms with E-state index < -0.39 is 0 Å². The third-order valence-corrected chi connectivity index (χ3v) is 4.66. The van der Waals surface area contributed by atoms with Crippen molar-refractivity contribution >= 4 is 39.1 Å². The molecule has 2 aromatic heterocycles. The zero-order valence-corrected chi connectivity index (χ0v) is 13.4. The summed E-state index contributed by atoms with van der Waals surface area (Å²) in [5.41, 5.74) is 7.27. The quantitative estimate of drug-likeness (QED) is 0.871. The lowest BCUT2D eigenvalue weighted by Crippen LogP contribution is -2.37. The van der Waals surface area contributed by atoms with Gasteiger partial charge in [0.15, 0.2) is 0 Å². The van der Waals surface area contributed by atoms with Crippen LogP contribution in [-0.2, 0) is 11.8 Å². The molecule has 0 bridgehead atoms. The molecule has 2 heterocycles. The van der Waals surface area contributed by atoms with Gasteiger partial charge in [-0.05, 0) is 13.8 Å². The summed E-state index contributed by atoms with van der Waals surface area (Å²) in [7, 11) is 3.50. The molecule has 8 heteroatoms. The van der Waals surface area contributed by atoms with E-state index in [0.717, 1.165) is 15.9 Å². The first kappa shape index (κ1) is 15.3. The van der Waals surface area contributed by atoms with Crippen LogP contribution >= 0.6 is 11.3 Å². The maximum Gasteiger partial charge on any atom is 0.264 e. The Hall–Kier alpha value is -2.09. The van der Waals surface area contributed by atoms with Gasteiger partial charge in [-0.3, -0.25) is 14.3 Å². The highest BCUT2D eigenvalue weighted by Crippen LogP contribution is 2.35. The number of anilines is 1. The SMILES string of the molecule is CCN(C)C(=O)CNC(=O)c1sc2c(c(C)nn2C)c1N. The Balaban J connectivity index is 2.19. The Labute approximate surface area is 126 Å². The highest BCUT2D eigenvalue weighted by molar-refractivity contribution is 7.21. The first-order valence-electron chi connectivity index (χ1n) is 6.60. The molecule has 21 heavy (non-hydrogen) atoms. The molecule has 2 aromatic rings. The smallest absolute Gasteiger partial charge is 0.264 e. The largest absolute Gasteiger partial charge is 0.397 e. The number of nitrogens with one attached hydrogen (secondary N) is 1. The van der Waals surface area contributed by atoms with Gasteiger partial charge in [0.1, 0.15) is 9.71 Å². The summed E-state index contributed by atoms with van der Waals surface area (Å²) >= 11 is 1.28. The molecule has 0 aliphatic heterocycles. The standard InChI is InChI=1S/C13H19N5O2S/c1-5-17(3)8(19)6-15-12(20)11-10(14)9-7(2)16-18(4)13(9)21-11/h5-6,14H2,1-4H3,(H,15,20). The van der Waals surface area contributed by atoms with Crippen LogP contribution < -0.4 is 11.1 Å². The van der Waals surface area contributed by atoms with Crippen LogP contribution in [0.5, 0.6) is 0 Å². The van der Waals surface area contributed by atoms with Crippen molar-refractivity contribution in [2.45, 2.75) is 13.8 Å². The van der Waals surface area contributed by atoms with Crippen molar-refractivity contribution in [1.82, 2.24) is 20.0 Å². The monoisotopic (exact) mass is 309 g/mol. The van der Waals surface area contributed by atoms with E-state index >= 15 is 0 Å². The summed E-state index contributed by atoms with van der Waals surface area (Å²) < 4.78 is 1.71. The minimum Gasteiger partial charge on any atom is -0.397 e. The first-order valence-corrected chi connectivity index (χ1v) is 7.42. The average Bonchev–Trinajstić information content (AvgIpc) is 2.94. The molecule has 0 radical (unpaired) electrons. The second kappa shape index (κ2) is 5.72. The van der Waals surface area contributed by atoms with E-state index in [2.05, 4.69) is 10.4 Å². The van der Waals surface area contributed by atoms with E-state index in [-0.39, 0.29) is 18.4 Å². The molecule has 0 aromatic carbocycles. The normalized spacial score (nSPS) is 10.9. The summed E-state index contributed by atoms with van der Waals surface area (Å²) in [4.78, 5) is 26.7. The first-order chi connectivity index (χ1) is 9.86. The molecule has 2 amide bonds. The van der Waals surface area contributed by atoms with Crippen LogP contribution in [0.25, 0.3) is 10.2 Å². The Morgan fingerprint density at radius 2 is 2.14 bits per heavy atom. The molecule has 0 saturated heterocycles. The van der Waals surface area contributed by atoms with Crippen molar-refractivity contribution < 1.29 is 9.59 Å². The van der Waals surface area contributed by atoms with Gasteiger partial charge < -0.3 is 16.0 Å². The van der Waals surface area contributed by atoms with Crippen molar-refractivity contribution in [2.75, 3.05) is 25.9 Å². The van der Waals surface area contributed by atoms with Gasteiger partial charge in [-0.25, -0.2) is 0 Å². The number of hydrogen-bond acceptors (Lipinski definition) is 5. The molecule has 0 atom stereocenters. The molecule has 2 rings (SSSR count). The van der Waals surface area contributed by atoms with Gasteiger partial charge in [0.25, 0.3) is 5.91 Å². The van der Waals surface area contributed by atoms with E-state index in [4.69, 9.17) is 5.73 Å². The number of likely N-dealkylation sites (N-methyl/N-ethyl adjacent to an activating group) is 1. The van der Waals surface area contributed by atoms with E-state index in [0.29, 0.717) is 17.1 Å². The molecule has 0 fully saturated rings. The molecule has 0 aliphatic rings. The van der Waals surface area contributed by atoms with Crippen LogP contribution in [-0.4, -0.2) is 46.6 Å². The lowest BCUT2D eigenvalue weighted by atomic mass is 10.2. The molecule has 114 valence electrons. The summed E-state index contributed by atoms with van der Waals surface area (Å²) in [6, 6.07) is 0. The topological polar surface area (TPSA) is 93.2 Å². The van der Waals surface area contributed by atoms with E-state index in [1.807, 2.05) is 20.9 Å². The summed E-state index contributed by atoms with van der Waals surface area (Å²) in [6.07, 6.45) is 0. The zero-order chi connectivity index (χ0) is 15.7. The fourth-order valence-corrected chi connectivity index (χ4v) is 3.15. The second-order valence-electron chi connectivity index (χ2n) is 4.82. The average molecular weight is 309 g/mol. The number of carbonyl (C=O) groups is 2. The van der Waals surface area contributed by atoms with Crippen LogP contribution in [0.15, 0.2) is 0 Å². The van der Waals surface area contributed by atoms with Crippen molar-refractivity contribution in [2.24, 2.45) is 7.05 Å². The predicted molar refractivity (Wildman–Crippen MR) is 83.4 cm³/mol. The van der Waals surface area contributed by atoms with Crippen LogP contribution in [0.4, 0.5) is 5.69 Å². The van der Waals surface area contributed by atoms with Crippen molar-refractivity contribution in [1.29, 1.82) is 0 Å². The van der Waals surface area contributed by atoms with Gasteiger partial charge in [0.05, 0.1) is 23.3 Å². The number of aromatic nitrogens is 2. The second-order valence-corrected chi connectivity index (χ2v) is 5.82. The maximum absolute atomic E-state index is 12.2. The van der Waals surface area contributed by atoms with Crippen molar-refractivity contribution in [3.63, 3.8) is 0 Å². The zero-order valence-electron chi connectivity index (χ0n) is 12.6. The van der Waals surface area contributed by atoms with Gasteiger partial charge in [0, 0.05) is 20.6 Å². The number of fused-ring (bicyclic) bond motifs is 1. The minimum atomic E-state index is -0.328. The Bertz CT molecular complexity index is 703. The summed E-state index contributed by atoms with van der Waals surface area (Å²) in [6.45, 7) is 4.30. The van der Waals surface area contributed by atoms with Crippen LogP contribution in [0.1, 0.15) is 22.3 Å². The minimum absolute atomic E-state index is 0.0336. The fraction of sp³-hybridized carbons (Fsp3) is 0.462. The van der Waals surface area contributed by atoms with Gasteiger partial charge in [-0.15, -0.1) is 11.3 Å². The van der Waals surface area contributed by atoms with Crippen molar-refractivity contribution in [3.05, 3.63) is 10.6 Å². The van der Waals surface area contributed by atoms with Gasteiger partial charge >= 0.3 is 0 Å². The summed E-state index contributed by atoms with van der Waals surface area (Å²) in [5, 5.41) is 7.70. The number of thiophene rings is 1. The molecule has 0 unspecified atom stereocenters. The Morgan fingerprint density at radius 1 is 1.48 bits per heavy atom. The van der Waals surface area contributed by atoms with Crippen molar-refractivity contribution in [3.8, 4) is 0 Å². The molecule has 0 spiro atoms. The number of rotatable bonds is 4. The van der Waals surface area contributed by atoms with E-state index in [1.54, 1.807) is 16.6 Å². The number of aryl methyl sites for hydroxylation is 2. The lowest BCUT2D eigenvalue weighted by molar-refractivity contribution is -0.128. The molecule has 7 nitrogen and oxygen atoms in total. The molecule has 0 aliphatic carbocycles. The maximum atomic E-state index is 12.2. The highest BCUT2D eigenvalue weighted by atomic mass is 32.1. The fourth-order valence-electron chi connectivity index (χ4n) is 2.05. The number of nitrogens with zero attached hydrogens (tertiary/aromatic N) is 3. The number of nitrogens with two attached hydrogens (primary N) is 1. The lowest BCUT2D eigenvalue weighted by Gasteiger charge is -2.14. The number of amides is 2. The highest BCUT2D eigenvalue weighted by Gasteiger charge is 2.21. The van der Waals surface area contributed by atoms with Crippen LogP contribution in [0.3, 0.4) is 0 Å². The summed E-state index contributed by atoms with van der Waals surface area (Å²) in [5.74, 6) is -0.464.